The Morgan fingerprint density at radius 3 is 1.50 bits per heavy atom. The lowest BCUT2D eigenvalue weighted by Crippen LogP contribution is -1.94. The predicted octanol–water partition coefficient (Wildman–Crippen LogP) is 2.27. The molecule has 0 atom stereocenters. The maximum atomic E-state index is 5.82. The second-order valence-corrected chi connectivity index (χ2v) is 4.36. The smallest absolute Gasteiger partial charge is 0.157 e. The summed E-state index contributed by atoms with van der Waals surface area (Å²) in [6.45, 7) is 0. The number of para-hydroxylation sites is 2. The van der Waals surface area contributed by atoms with E-state index in [0.717, 1.165) is 0 Å². The van der Waals surface area contributed by atoms with Crippen molar-refractivity contribution < 1.29 is 9.47 Å². The summed E-state index contributed by atoms with van der Waals surface area (Å²) in [5, 5.41) is 0. The number of ether oxygens (including phenoxy) is 2. The summed E-state index contributed by atoms with van der Waals surface area (Å²) in [5.74, 6) is 12.5. The number of rotatable bonds is 2. The van der Waals surface area contributed by atoms with Crippen molar-refractivity contribution in [2.45, 2.75) is 0 Å². The quantitative estimate of drug-likeness (QED) is 0.658. The highest BCUT2D eigenvalue weighted by molar-refractivity contribution is 5.64. The van der Waals surface area contributed by atoms with Crippen molar-refractivity contribution in [2.75, 3.05) is 25.7 Å². The van der Waals surface area contributed by atoms with Crippen LogP contribution in [0.5, 0.6) is 11.5 Å². The Kier molecular flexibility index (Phi) is 4.80. The van der Waals surface area contributed by atoms with Crippen LogP contribution in [0, 0.1) is 23.7 Å². The molecule has 0 aliphatic carbocycles. The minimum Gasteiger partial charge on any atom is -0.493 e. The summed E-state index contributed by atoms with van der Waals surface area (Å²) in [4.78, 5) is 0. The third-order valence-electron chi connectivity index (χ3n) is 2.96. The molecule has 0 unspecified atom stereocenters. The number of hydrogen-bond acceptors (Lipinski definition) is 4. The molecule has 4 nitrogen and oxygen atoms in total. The van der Waals surface area contributed by atoms with Gasteiger partial charge in [0, 0.05) is 0 Å². The highest BCUT2D eigenvalue weighted by atomic mass is 16.5. The van der Waals surface area contributed by atoms with Crippen LogP contribution in [0.4, 0.5) is 11.4 Å². The van der Waals surface area contributed by atoms with Gasteiger partial charge in [-0.1, -0.05) is 12.1 Å². The maximum Gasteiger partial charge on any atom is 0.157 e. The highest BCUT2D eigenvalue weighted by Crippen LogP contribution is 2.25. The van der Waals surface area contributed by atoms with E-state index in [2.05, 4.69) is 23.7 Å². The van der Waals surface area contributed by atoms with Gasteiger partial charge in [0.2, 0.25) is 0 Å². The average molecular weight is 292 g/mol. The fraction of sp³-hybridized carbons (Fsp3) is 0.111. The van der Waals surface area contributed by atoms with E-state index in [9.17, 15) is 0 Å². The molecule has 0 radical (unpaired) electrons. The van der Waals surface area contributed by atoms with E-state index < -0.39 is 0 Å². The Balaban J connectivity index is 2.31. The number of anilines is 2. The molecule has 2 aromatic carbocycles. The molecule has 0 amide bonds. The van der Waals surface area contributed by atoms with Crippen molar-refractivity contribution in [3.05, 3.63) is 47.5 Å². The molecule has 4 N–H and O–H groups in total. The van der Waals surface area contributed by atoms with Crippen molar-refractivity contribution in [2.24, 2.45) is 0 Å². The maximum absolute atomic E-state index is 5.82. The first-order valence-electron chi connectivity index (χ1n) is 6.54. The second kappa shape index (κ2) is 6.97. The molecule has 0 bridgehead atoms. The van der Waals surface area contributed by atoms with E-state index in [1.54, 1.807) is 26.4 Å². The Bertz CT molecular complexity index is 736. The van der Waals surface area contributed by atoms with Gasteiger partial charge in [0.25, 0.3) is 0 Å². The van der Waals surface area contributed by atoms with Crippen LogP contribution in [-0.2, 0) is 0 Å². The zero-order chi connectivity index (χ0) is 15.9. The summed E-state index contributed by atoms with van der Waals surface area (Å²) < 4.78 is 10.5. The minimum absolute atomic E-state index is 0.541. The normalized spacial score (nSPS) is 9.00. The van der Waals surface area contributed by atoms with Gasteiger partial charge < -0.3 is 20.9 Å². The minimum atomic E-state index is 0.541. The first kappa shape index (κ1) is 15.2. The van der Waals surface area contributed by atoms with E-state index in [-0.39, 0.29) is 0 Å². The molecule has 0 aliphatic heterocycles. The molecule has 2 aromatic rings. The molecule has 0 fully saturated rings. The van der Waals surface area contributed by atoms with Crippen molar-refractivity contribution in [1.29, 1.82) is 0 Å². The summed E-state index contributed by atoms with van der Waals surface area (Å²) in [7, 11) is 3.11. The molecule has 22 heavy (non-hydrogen) atoms. The van der Waals surface area contributed by atoms with Crippen molar-refractivity contribution in [3.8, 4) is 35.2 Å². The van der Waals surface area contributed by atoms with Crippen LogP contribution in [0.3, 0.4) is 0 Å². The zero-order valence-electron chi connectivity index (χ0n) is 12.4. The first-order chi connectivity index (χ1) is 10.7. The molecule has 4 heteroatoms. The summed E-state index contributed by atoms with van der Waals surface area (Å²) in [6.07, 6.45) is 0. The third kappa shape index (κ3) is 3.26. The first-order valence-corrected chi connectivity index (χ1v) is 6.54. The second-order valence-electron chi connectivity index (χ2n) is 4.36. The van der Waals surface area contributed by atoms with Gasteiger partial charge in [0.05, 0.1) is 36.7 Å². The lowest BCUT2D eigenvalue weighted by atomic mass is 10.1. The van der Waals surface area contributed by atoms with Gasteiger partial charge in [-0.25, -0.2) is 0 Å². The Morgan fingerprint density at radius 1 is 0.727 bits per heavy atom. The molecular weight excluding hydrogens is 276 g/mol. The number of hydrogen-bond donors (Lipinski definition) is 2. The summed E-state index contributed by atoms with van der Waals surface area (Å²) in [6, 6.07) is 10.8. The van der Waals surface area contributed by atoms with Gasteiger partial charge in [-0.2, -0.15) is 0 Å². The number of benzene rings is 2. The molecule has 0 heterocycles. The van der Waals surface area contributed by atoms with Crippen LogP contribution in [0.1, 0.15) is 11.1 Å². The fourth-order valence-corrected chi connectivity index (χ4v) is 1.96. The molecule has 0 saturated carbocycles. The van der Waals surface area contributed by atoms with Crippen LogP contribution in [0.2, 0.25) is 0 Å². The Morgan fingerprint density at radius 2 is 1.14 bits per heavy atom. The molecule has 0 saturated heterocycles. The Labute approximate surface area is 130 Å². The predicted molar refractivity (Wildman–Crippen MR) is 88.6 cm³/mol. The lowest BCUT2D eigenvalue weighted by molar-refractivity contribution is 0.415. The van der Waals surface area contributed by atoms with Gasteiger partial charge >= 0.3 is 0 Å². The fourth-order valence-electron chi connectivity index (χ4n) is 1.96. The van der Waals surface area contributed by atoms with E-state index in [1.807, 2.05) is 24.3 Å². The number of methoxy groups -OCH3 is 2. The molecular formula is C18H16N2O2. The molecule has 0 spiro atoms. The number of nitrogens with two attached hydrogens (primary N) is 2. The van der Waals surface area contributed by atoms with Crippen LogP contribution >= 0.6 is 0 Å². The molecule has 0 aliphatic rings. The van der Waals surface area contributed by atoms with Gasteiger partial charge in [-0.15, -0.1) is 0 Å². The standard InChI is InChI=1S/C18H16N2O2/c1-21-17-13(9-5-11-15(17)19)7-3-4-8-14-10-6-12-16(20)18(14)22-2/h5-6,9-12H,19-20H2,1-2H3. The van der Waals surface area contributed by atoms with E-state index in [0.29, 0.717) is 34.0 Å². The lowest BCUT2D eigenvalue weighted by Gasteiger charge is -2.05. The van der Waals surface area contributed by atoms with E-state index in [4.69, 9.17) is 20.9 Å². The molecule has 110 valence electrons. The number of nitrogen functional groups attached to an aromatic ring is 2. The molecule has 0 aromatic heterocycles. The van der Waals surface area contributed by atoms with Crippen molar-refractivity contribution in [1.82, 2.24) is 0 Å². The average Bonchev–Trinajstić information content (AvgIpc) is 2.52. The van der Waals surface area contributed by atoms with Crippen molar-refractivity contribution in [3.63, 3.8) is 0 Å². The SMILES string of the molecule is COc1c(N)cccc1C#CC#Cc1cccc(N)c1OC. The summed E-state index contributed by atoms with van der Waals surface area (Å²) >= 11 is 0. The summed E-state index contributed by atoms with van der Waals surface area (Å²) in [5.41, 5.74) is 14.1. The van der Waals surface area contributed by atoms with Gasteiger partial charge in [0.15, 0.2) is 11.5 Å². The topological polar surface area (TPSA) is 70.5 Å². The molecule has 2 rings (SSSR count). The zero-order valence-corrected chi connectivity index (χ0v) is 12.4. The van der Waals surface area contributed by atoms with E-state index in [1.165, 1.54) is 0 Å². The van der Waals surface area contributed by atoms with E-state index >= 15 is 0 Å². The van der Waals surface area contributed by atoms with Crippen LogP contribution in [-0.4, -0.2) is 14.2 Å². The largest absolute Gasteiger partial charge is 0.493 e. The van der Waals surface area contributed by atoms with Gasteiger partial charge in [-0.05, 0) is 47.9 Å². The Hall–Kier alpha value is -3.24. The van der Waals surface area contributed by atoms with Crippen LogP contribution in [0.15, 0.2) is 36.4 Å². The van der Waals surface area contributed by atoms with Crippen molar-refractivity contribution >= 4 is 11.4 Å². The third-order valence-corrected chi connectivity index (χ3v) is 2.96. The highest BCUT2D eigenvalue weighted by Gasteiger charge is 2.04. The van der Waals surface area contributed by atoms with Gasteiger partial charge in [0.1, 0.15) is 0 Å². The monoisotopic (exact) mass is 292 g/mol. The van der Waals surface area contributed by atoms with Crippen LogP contribution < -0.4 is 20.9 Å². The van der Waals surface area contributed by atoms with Crippen LogP contribution in [0.25, 0.3) is 0 Å². The van der Waals surface area contributed by atoms with Gasteiger partial charge in [-0.3, -0.25) is 0 Å².